The maximum absolute atomic E-state index is 12.6. The van der Waals surface area contributed by atoms with Gasteiger partial charge in [0.05, 0.1) is 19.3 Å². The molecule has 0 fully saturated rings. The molecule has 0 atom stereocenters. The lowest BCUT2D eigenvalue weighted by molar-refractivity contribution is -0.117. The predicted molar refractivity (Wildman–Crippen MR) is 108 cm³/mol. The summed E-state index contributed by atoms with van der Waals surface area (Å²) in [6.07, 6.45) is 2.62. The summed E-state index contributed by atoms with van der Waals surface area (Å²) in [5.74, 6) is 0.854. The molecule has 0 saturated carbocycles. The maximum atomic E-state index is 12.6. The summed E-state index contributed by atoms with van der Waals surface area (Å²) in [4.78, 5) is 15.8. The van der Waals surface area contributed by atoms with Gasteiger partial charge in [-0.2, -0.15) is 5.10 Å². The van der Waals surface area contributed by atoms with Crippen LogP contribution in [0.2, 0.25) is 0 Å². The van der Waals surface area contributed by atoms with Gasteiger partial charge < -0.3 is 10.4 Å². The van der Waals surface area contributed by atoms with Gasteiger partial charge in [-0.05, 0) is 30.5 Å². The SMILES string of the molecule is CCCN(CC(=O)Nc1ccnn1Cc1cccs1)Cc1ccccc1O. The van der Waals surface area contributed by atoms with E-state index in [1.807, 2.05) is 34.5 Å². The number of nitrogens with one attached hydrogen (secondary N) is 1. The van der Waals surface area contributed by atoms with Crippen LogP contribution in [-0.2, 0) is 17.9 Å². The Balaban J connectivity index is 1.61. The number of aromatic hydroxyl groups is 1. The summed E-state index contributed by atoms with van der Waals surface area (Å²) < 4.78 is 1.79. The van der Waals surface area contributed by atoms with E-state index in [1.165, 1.54) is 4.88 Å². The Hall–Kier alpha value is -2.64. The highest BCUT2D eigenvalue weighted by atomic mass is 32.1. The molecule has 3 rings (SSSR count). The number of nitrogens with zero attached hydrogens (tertiary/aromatic N) is 3. The van der Waals surface area contributed by atoms with Crippen LogP contribution in [0.15, 0.2) is 54.0 Å². The number of carbonyl (C=O) groups is 1. The normalized spacial score (nSPS) is 11.0. The smallest absolute Gasteiger partial charge is 0.239 e. The van der Waals surface area contributed by atoms with Crippen molar-refractivity contribution in [1.29, 1.82) is 0 Å². The third kappa shape index (κ3) is 5.42. The molecule has 1 aromatic carbocycles. The number of benzene rings is 1. The Morgan fingerprint density at radius 3 is 2.85 bits per heavy atom. The van der Waals surface area contributed by atoms with Crippen molar-refractivity contribution in [3.8, 4) is 5.75 Å². The minimum atomic E-state index is -0.0909. The van der Waals surface area contributed by atoms with Crippen LogP contribution in [0, 0.1) is 0 Å². The molecule has 0 saturated heterocycles. The molecule has 0 radical (unpaired) electrons. The average Bonchev–Trinajstić information content (AvgIpc) is 3.30. The maximum Gasteiger partial charge on any atom is 0.239 e. The standard InChI is InChI=1S/C20H24N4O2S/c1-2-11-23(13-16-6-3-4-8-18(16)25)15-20(26)22-19-9-10-21-24(19)14-17-7-5-12-27-17/h3-10,12,25H,2,11,13-15H2,1H3,(H,22,26). The average molecular weight is 385 g/mol. The van der Waals surface area contributed by atoms with E-state index in [0.29, 0.717) is 18.9 Å². The predicted octanol–water partition coefficient (Wildman–Crippen LogP) is 3.55. The molecule has 0 spiro atoms. The second kappa shape index (κ2) is 9.34. The minimum absolute atomic E-state index is 0.0909. The van der Waals surface area contributed by atoms with Crippen molar-refractivity contribution in [2.24, 2.45) is 0 Å². The number of carbonyl (C=O) groups excluding carboxylic acids is 1. The fourth-order valence-electron chi connectivity index (χ4n) is 2.92. The molecule has 2 heterocycles. The van der Waals surface area contributed by atoms with Crippen molar-refractivity contribution in [1.82, 2.24) is 14.7 Å². The molecule has 2 aromatic heterocycles. The molecule has 0 aliphatic rings. The Labute approximate surface area is 163 Å². The van der Waals surface area contributed by atoms with E-state index in [0.717, 1.165) is 18.5 Å². The summed E-state index contributed by atoms with van der Waals surface area (Å²) >= 11 is 1.66. The monoisotopic (exact) mass is 384 g/mol. The van der Waals surface area contributed by atoms with Gasteiger partial charge in [-0.1, -0.05) is 31.2 Å². The number of hydrogen-bond acceptors (Lipinski definition) is 5. The second-order valence-electron chi connectivity index (χ2n) is 6.34. The molecule has 1 amide bonds. The molecule has 0 aliphatic carbocycles. The number of phenolic OH excluding ortho intramolecular Hbond substituents is 1. The molecule has 0 bridgehead atoms. The lowest BCUT2D eigenvalue weighted by Gasteiger charge is -2.21. The van der Waals surface area contributed by atoms with Crippen LogP contribution in [0.3, 0.4) is 0 Å². The van der Waals surface area contributed by atoms with E-state index in [1.54, 1.807) is 40.4 Å². The van der Waals surface area contributed by atoms with Crippen LogP contribution in [0.1, 0.15) is 23.8 Å². The Morgan fingerprint density at radius 1 is 1.26 bits per heavy atom. The number of para-hydroxylation sites is 1. The van der Waals surface area contributed by atoms with E-state index >= 15 is 0 Å². The first-order valence-electron chi connectivity index (χ1n) is 8.99. The second-order valence-corrected chi connectivity index (χ2v) is 7.37. The summed E-state index contributed by atoms with van der Waals surface area (Å²) in [7, 11) is 0. The van der Waals surface area contributed by atoms with Crippen LogP contribution in [0.5, 0.6) is 5.75 Å². The van der Waals surface area contributed by atoms with Crippen LogP contribution in [0.25, 0.3) is 0 Å². The molecule has 6 nitrogen and oxygen atoms in total. The molecular formula is C20H24N4O2S. The highest BCUT2D eigenvalue weighted by Gasteiger charge is 2.14. The molecule has 0 unspecified atom stereocenters. The van der Waals surface area contributed by atoms with Crippen LogP contribution >= 0.6 is 11.3 Å². The third-order valence-corrected chi connectivity index (χ3v) is 5.02. The number of amides is 1. The number of anilines is 1. The van der Waals surface area contributed by atoms with Crippen molar-refractivity contribution in [3.63, 3.8) is 0 Å². The van der Waals surface area contributed by atoms with Crippen molar-refractivity contribution >= 4 is 23.1 Å². The number of thiophene rings is 1. The molecule has 3 aromatic rings. The third-order valence-electron chi connectivity index (χ3n) is 4.16. The van der Waals surface area contributed by atoms with Gasteiger partial charge in [0.2, 0.25) is 5.91 Å². The summed E-state index contributed by atoms with van der Waals surface area (Å²) in [6, 6.07) is 13.1. The fourth-order valence-corrected chi connectivity index (χ4v) is 3.60. The highest BCUT2D eigenvalue weighted by molar-refractivity contribution is 7.09. The van der Waals surface area contributed by atoms with Gasteiger partial charge in [0.1, 0.15) is 11.6 Å². The lowest BCUT2D eigenvalue weighted by atomic mass is 10.2. The molecular weight excluding hydrogens is 360 g/mol. The van der Waals surface area contributed by atoms with E-state index < -0.39 is 0 Å². The van der Waals surface area contributed by atoms with Crippen molar-refractivity contribution in [2.75, 3.05) is 18.4 Å². The Kier molecular flexibility index (Phi) is 6.62. The van der Waals surface area contributed by atoms with Crippen LogP contribution in [0.4, 0.5) is 5.82 Å². The minimum Gasteiger partial charge on any atom is -0.508 e. The van der Waals surface area contributed by atoms with Gasteiger partial charge in [-0.25, -0.2) is 4.68 Å². The Morgan fingerprint density at radius 2 is 2.11 bits per heavy atom. The molecule has 2 N–H and O–H groups in total. The zero-order valence-electron chi connectivity index (χ0n) is 15.3. The summed E-state index contributed by atoms with van der Waals surface area (Å²) in [5, 5.41) is 19.3. The van der Waals surface area contributed by atoms with Crippen LogP contribution < -0.4 is 5.32 Å². The van der Waals surface area contributed by atoms with Gasteiger partial charge in [-0.15, -0.1) is 11.3 Å². The van der Waals surface area contributed by atoms with Crippen LogP contribution in [-0.4, -0.2) is 38.8 Å². The van der Waals surface area contributed by atoms with E-state index in [2.05, 4.69) is 17.3 Å². The van der Waals surface area contributed by atoms with Gasteiger partial charge in [0.15, 0.2) is 0 Å². The molecule has 27 heavy (non-hydrogen) atoms. The van der Waals surface area contributed by atoms with E-state index in [-0.39, 0.29) is 18.2 Å². The van der Waals surface area contributed by atoms with Crippen molar-refractivity contribution in [3.05, 3.63) is 64.5 Å². The zero-order chi connectivity index (χ0) is 19.1. The van der Waals surface area contributed by atoms with E-state index in [9.17, 15) is 9.90 Å². The first-order chi connectivity index (χ1) is 13.2. The quantitative estimate of drug-likeness (QED) is 0.592. The highest BCUT2D eigenvalue weighted by Crippen LogP contribution is 2.18. The first kappa shape index (κ1) is 19.1. The van der Waals surface area contributed by atoms with Crippen molar-refractivity contribution in [2.45, 2.75) is 26.4 Å². The largest absolute Gasteiger partial charge is 0.508 e. The zero-order valence-corrected chi connectivity index (χ0v) is 16.2. The Bertz CT molecular complexity index is 861. The van der Waals surface area contributed by atoms with Crippen molar-refractivity contribution < 1.29 is 9.90 Å². The summed E-state index contributed by atoms with van der Waals surface area (Å²) in [6.45, 7) is 4.27. The number of rotatable bonds is 9. The molecule has 7 heteroatoms. The van der Waals surface area contributed by atoms with Gasteiger partial charge in [0.25, 0.3) is 0 Å². The summed E-state index contributed by atoms with van der Waals surface area (Å²) in [5.41, 5.74) is 0.821. The number of aromatic nitrogens is 2. The molecule has 0 aliphatic heterocycles. The van der Waals surface area contributed by atoms with Gasteiger partial charge in [0, 0.05) is 23.1 Å². The fraction of sp³-hybridized carbons (Fsp3) is 0.300. The number of phenols is 1. The lowest BCUT2D eigenvalue weighted by Crippen LogP contribution is -2.34. The molecule has 142 valence electrons. The van der Waals surface area contributed by atoms with Gasteiger partial charge >= 0.3 is 0 Å². The van der Waals surface area contributed by atoms with E-state index in [4.69, 9.17) is 0 Å². The first-order valence-corrected chi connectivity index (χ1v) is 9.87. The topological polar surface area (TPSA) is 70.4 Å². The number of hydrogen-bond donors (Lipinski definition) is 2. The van der Waals surface area contributed by atoms with Gasteiger partial charge in [-0.3, -0.25) is 9.69 Å².